The summed E-state index contributed by atoms with van der Waals surface area (Å²) in [4.78, 5) is 63.1. The van der Waals surface area contributed by atoms with Crippen LogP contribution in [0.2, 0.25) is 0 Å². The predicted molar refractivity (Wildman–Crippen MR) is 228 cm³/mol. The van der Waals surface area contributed by atoms with Crippen LogP contribution in [0.5, 0.6) is 0 Å². The topological polar surface area (TPSA) is 129 Å². The molecule has 0 spiro atoms. The zero-order valence-corrected chi connectivity index (χ0v) is 35.5. The van der Waals surface area contributed by atoms with E-state index in [9.17, 15) is 29.7 Å². The van der Waals surface area contributed by atoms with Crippen LogP contribution in [-0.4, -0.2) is 72.7 Å². The normalized spacial score (nSPS) is 16.4. The molecule has 4 amide bonds. The first-order valence-corrected chi connectivity index (χ1v) is 21.8. The summed E-state index contributed by atoms with van der Waals surface area (Å²) in [6.07, 6.45) is 12.8. The molecule has 56 heavy (non-hydrogen) atoms. The highest BCUT2D eigenvalue weighted by Crippen LogP contribution is 2.34. The van der Waals surface area contributed by atoms with Crippen LogP contribution in [0.1, 0.15) is 116 Å². The lowest BCUT2D eigenvalue weighted by Crippen LogP contribution is -2.44. The molecule has 2 aromatic heterocycles. The van der Waals surface area contributed by atoms with E-state index in [1.165, 1.54) is 0 Å². The maximum atomic E-state index is 13.8. The molecule has 0 N–H and O–H groups in total. The van der Waals surface area contributed by atoms with Gasteiger partial charge in [-0.25, -0.2) is 0 Å². The Labute approximate surface area is 341 Å². The van der Waals surface area contributed by atoms with Crippen molar-refractivity contribution in [1.82, 2.24) is 9.80 Å². The number of carbonyl (C=O) groups is 4. The first-order chi connectivity index (χ1) is 27.0. The Morgan fingerprint density at radius 1 is 0.554 bits per heavy atom. The number of nitriles is 2. The number of hydrogen-bond acceptors (Lipinski definition) is 10. The van der Waals surface area contributed by atoms with Gasteiger partial charge in [-0.3, -0.25) is 29.0 Å². The monoisotopic (exact) mass is 796 g/mol. The number of imide groups is 2. The van der Waals surface area contributed by atoms with Gasteiger partial charge in [-0.05, 0) is 99.9 Å². The van der Waals surface area contributed by atoms with Gasteiger partial charge in [-0.2, -0.15) is 10.5 Å². The Bertz CT molecular complexity index is 1810. The first-order valence-electron chi connectivity index (χ1n) is 20.1. The van der Waals surface area contributed by atoms with E-state index >= 15 is 0 Å². The smallest absolute Gasteiger partial charge is 0.271 e. The molecule has 0 radical (unpaired) electrons. The molecule has 0 aliphatic carbocycles. The zero-order valence-electron chi connectivity index (χ0n) is 33.9. The van der Waals surface area contributed by atoms with Crippen LogP contribution in [0.25, 0.3) is 12.2 Å². The average molecular weight is 797 g/mol. The molecule has 0 fully saturated rings. The first kappa shape index (κ1) is 43.9. The lowest BCUT2D eigenvalue weighted by atomic mass is 9.94. The molecule has 0 saturated carbocycles. The van der Waals surface area contributed by atoms with E-state index in [1.54, 1.807) is 48.7 Å². The highest BCUT2D eigenvalue weighted by molar-refractivity contribution is 7.17. The number of nitrogens with zero attached hydrogens (tertiary/aromatic N) is 6. The van der Waals surface area contributed by atoms with Crippen molar-refractivity contribution in [3.63, 3.8) is 0 Å². The molecule has 12 heteroatoms. The molecule has 0 saturated heterocycles. The van der Waals surface area contributed by atoms with Crippen molar-refractivity contribution in [3.8, 4) is 12.1 Å². The van der Waals surface area contributed by atoms with Gasteiger partial charge in [0.05, 0.1) is 10.0 Å². The Morgan fingerprint density at radius 3 is 1.20 bits per heavy atom. The van der Waals surface area contributed by atoms with E-state index in [0.29, 0.717) is 22.3 Å². The summed E-state index contributed by atoms with van der Waals surface area (Å²) in [6.45, 7) is 15.8. The van der Waals surface area contributed by atoms with Crippen molar-refractivity contribution in [2.45, 2.75) is 106 Å². The highest BCUT2D eigenvalue weighted by Gasteiger charge is 2.37. The summed E-state index contributed by atoms with van der Waals surface area (Å²) in [6, 6.07) is 12.1. The predicted octanol–water partition coefficient (Wildman–Crippen LogP) is 9.29. The van der Waals surface area contributed by atoms with Crippen molar-refractivity contribution in [3.05, 3.63) is 67.5 Å². The van der Waals surface area contributed by atoms with Crippen molar-refractivity contribution in [2.75, 3.05) is 49.1 Å². The second-order valence-electron chi connectivity index (χ2n) is 14.3. The molecule has 2 aliphatic heterocycles. The van der Waals surface area contributed by atoms with Crippen LogP contribution in [0.15, 0.2) is 57.7 Å². The van der Waals surface area contributed by atoms with Crippen LogP contribution >= 0.6 is 22.7 Å². The molecule has 4 rings (SSSR count). The second kappa shape index (κ2) is 21.5. The minimum atomic E-state index is -0.650. The molecular formula is C44H56N6O4S2. The number of rotatable bonds is 21. The van der Waals surface area contributed by atoms with E-state index in [1.807, 2.05) is 24.3 Å². The summed E-state index contributed by atoms with van der Waals surface area (Å²) in [7, 11) is 0. The lowest BCUT2D eigenvalue weighted by Gasteiger charge is -2.29. The summed E-state index contributed by atoms with van der Waals surface area (Å²) < 4.78 is 0. The minimum absolute atomic E-state index is 0.00833. The molecule has 0 atom stereocenters. The molecule has 10 nitrogen and oxygen atoms in total. The van der Waals surface area contributed by atoms with Gasteiger partial charge in [-0.15, -0.1) is 22.7 Å². The van der Waals surface area contributed by atoms with Gasteiger partial charge in [0, 0.05) is 60.2 Å². The fourth-order valence-corrected chi connectivity index (χ4v) is 8.73. The van der Waals surface area contributed by atoms with Gasteiger partial charge < -0.3 is 9.80 Å². The standard InChI is InChI=1S/C44H56N6O4S2/c1-7-11-21-47(22-12-8-2)39-19-17-33(55-39)27-35-31(5)37(29-45)43(53)49(41(35)51)25-15-16-26-50-42(52)36(32(6)38(30-46)44(50)54)28-34-18-20-40(56-34)48(23-13-9-3)24-14-10-4/h17-20,27-28H,7-16,21-26H2,1-6H3/b35-27-,36-28+. The third kappa shape index (κ3) is 10.5. The van der Waals surface area contributed by atoms with E-state index in [2.05, 4.69) is 49.6 Å². The highest BCUT2D eigenvalue weighted by atomic mass is 32.1. The van der Waals surface area contributed by atoms with Gasteiger partial charge in [0.2, 0.25) is 0 Å². The average Bonchev–Trinajstić information content (AvgIpc) is 3.86. The van der Waals surface area contributed by atoms with Crippen molar-refractivity contribution >= 4 is 68.5 Å². The Balaban J connectivity index is 1.49. The van der Waals surface area contributed by atoms with Gasteiger partial charge in [0.15, 0.2) is 0 Å². The van der Waals surface area contributed by atoms with Crippen LogP contribution in [-0.2, 0) is 19.2 Å². The second-order valence-corrected chi connectivity index (χ2v) is 16.5. The summed E-state index contributed by atoms with van der Waals surface area (Å²) >= 11 is 3.17. The molecular weight excluding hydrogens is 741 g/mol. The van der Waals surface area contributed by atoms with Gasteiger partial charge >= 0.3 is 0 Å². The zero-order chi connectivity index (χ0) is 40.8. The number of anilines is 2. The maximum Gasteiger partial charge on any atom is 0.271 e. The molecule has 2 aromatic rings. The summed E-state index contributed by atoms with van der Waals surface area (Å²) in [5.74, 6) is -2.25. The lowest BCUT2D eigenvalue weighted by molar-refractivity contribution is -0.142. The Morgan fingerprint density at radius 2 is 0.893 bits per heavy atom. The third-order valence-corrected chi connectivity index (χ3v) is 12.4. The van der Waals surface area contributed by atoms with Gasteiger partial charge in [0.25, 0.3) is 23.6 Å². The number of carbonyl (C=O) groups excluding carboxylic acids is 4. The van der Waals surface area contributed by atoms with Crippen molar-refractivity contribution in [1.29, 1.82) is 10.5 Å². The third-order valence-electron chi connectivity index (χ3n) is 10.2. The van der Waals surface area contributed by atoms with E-state index in [0.717, 1.165) is 107 Å². The Hall–Kier alpha value is -4.78. The van der Waals surface area contributed by atoms with Crippen LogP contribution in [0.3, 0.4) is 0 Å². The van der Waals surface area contributed by atoms with Crippen molar-refractivity contribution < 1.29 is 19.2 Å². The summed E-state index contributed by atoms with van der Waals surface area (Å²) in [5, 5.41) is 22.1. The number of thiophene rings is 2. The molecule has 2 aliphatic rings. The SMILES string of the molecule is CCCCN(CCCC)c1ccc(/C=C2\C(=O)N(CCCCN3C(=O)C(C#N)=C(C)/C(=C\c4ccc(N(CCCC)CCCC)s4)C3=O)C(=O)C(C#N)=C2C)s1. The van der Waals surface area contributed by atoms with E-state index in [4.69, 9.17) is 0 Å². The van der Waals surface area contributed by atoms with E-state index in [-0.39, 0.29) is 37.1 Å². The van der Waals surface area contributed by atoms with Crippen LogP contribution in [0.4, 0.5) is 10.0 Å². The Kier molecular flexibility index (Phi) is 16.9. The van der Waals surface area contributed by atoms with Crippen molar-refractivity contribution in [2.24, 2.45) is 0 Å². The number of amides is 4. The van der Waals surface area contributed by atoms with E-state index < -0.39 is 23.6 Å². The van der Waals surface area contributed by atoms with Crippen LogP contribution in [0, 0.1) is 22.7 Å². The van der Waals surface area contributed by atoms with Crippen LogP contribution < -0.4 is 9.80 Å². The summed E-state index contributed by atoms with van der Waals surface area (Å²) in [5.41, 5.74) is 1.15. The quantitative estimate of drug-likeness (QED) is 0.0695. The molecule has 0 aromatic carbocycles. The fraction of sp³-hybridized carbons (Fsp3) is 0.500. The van der Waals surface area contributed by atoms with Gasteiger partial charge in [-0.1, -0.05) is 53.4 Å². The largest absolute Gasteiger partial charge is 0.363 e. The number of unbranched alkanes of at least 4 members (excludes halogenated alkanes) is 5. The maximum absolute atomic E-state index is 13.8. The molecule has 4 heterocycles. The van der Waals surface area contributed by atoms with Gasteiger partial charge in [0.1, 0.15) is 23.3 Å². The number of hydrogen-bond donors (Lipinski definition) is 0. The fourth-order valence-electron chi connectivity index (χ4n) is 6.73. The molecule has 0 bridgehead atoms. The molecule has 298 valence electrons. The minimum Gasteiger partial charge on any atom is -0.363 e. The molecule has 0 unspecified atom stereocenters.